The molecule has 2 fully saturated rings. The molecule has 1 amide bonds. The fourth-order valence-electron chi connectivity index (χ4n) is 5.08. The third-order valence-corrected chi connectivity index (χ3v) is 7.07. The Morgan fingerprint density at radius 1 is 0.848 bits per heavy atom. The SMILES string of the molecule is O=C(C1CCN(c2ccc(-c3cccnc3)nn2)CC1)N1CCC(Cc2ccccc2)CC1. The summed E-state index contributed by atoms with van der Waals surface area (Å²) < 4.78 is 0. The van der Waals surface area contributed by atoms with E-state index in [0.717, 1.165) is 75.4 Å². The lowest BCUT2D eigenvalue weighted by molar-refractivity contribution is -0.137. The zero-order chi connectivity index (χ0) is 22.5. The number of carbonyl (C=O) groups excluding carboxylic acids is 1. The molecule has 6 nitrogen and oxygen atoms in total. The average Bonchev–Trinajstić information content (AvgIpc) is 2.90. The molecular weight excluding hydrogens is 410 g/mol. The molecule has 0 N–H and O–H groups in total. The predicted octanol–water partition coefficient (Wildman–Crippen LogP) is 4.24. The van der Waals surface area contributed by atoms with Crippen LogP contribution >= 0.6 is 0 Å². The van der Waals surface area contributed by atoms with Crippen molar-refractivity contribution in [2.75, 3.05) is 31.1 Å². The Kier molecular flexibility index (Phi) is 6.61. The van der Waals surface area contributed by atoms with Crippen LogP contribution in [0.4, 0.5) is 5.82 Å². The van der Waals surface area contributed by atoms with Gasteiger partial charge in [-0.25, -0.2) is 0 Å². The van der Waals surface area contributed by atoms with Crippen molar-refractivity contribution >= 4 is 11.7 Å². The lowest BCUT2D eigenvalue weighted by Gasteiger charge is -2.37. The fourth-order valence-corrected chi connectivity index (χ4v) is 5.08. The van der Waals surface area contributed by atoms with Crippen LogP contribution in [-0.4, -0.2) is 52.2 Å². The average molecular weight is 442 g/mol. The van der Waals surface area contributed by atoms with E-state index in [1.54, 1.807) is 12.4 Å². The van der Waals surface area contributed by atoms with Gasteiger partial charge in [-0.15, -0.1) is 10.2 Å². The standard InChI is InChI=1S/C27H31N5O/c33-27(32-15-10-22(11-16-32)19-21-5-2-1-3-6-21)23-12-17-31(18-13-23)26-9-8-25(29-30-26)24-7-4-14-28-20-24/h1-9,14,20,22-23H,10-13,15-19H2. The lowest BCUT2D eigenvalue weighted by atomic mass is 9.88. The minimum Gasteiger partial charge on any atom is -0.355 e. The molecule has 0 saturated carbocycles. The highest BCUT2D eigenvalue weighted by Gasteiger charge is 2.31. The molecule has 2 saturated heterocycles. The molecule has 2 aromatic heterocycles. The van der Waals surface area contributed by atoms with Crippen molar-refractivity contribution in [1.82, 2.24) is 20.1 Å². The number of hydrogen-bond acceptors (Lipinski definition) is 5. The molecule has 0 radical (unpaired) electrons. The van der Waals surface area contributed by atoms with Crippen LogP contribution in [0.3, 0.4) is 0 Å². The van der Waals surface area contributed by atoms with E-state index < -0.39 is 0 Å². The van der Waals surface area contributed by atoms with Gasteiger partial charge < -0.3 is 9.80 Å². The molecule has 3 aromatic rings. The molecule has 6 heteroatoms. The molecule has 33 heavy (non-hydrogen) atoms. The van der Waals surface area contributed by atoms with E-state index in [-0.39, 0.29) is 5.92 Å². The molecule has 1 aromatic carbocycles. The van der Waals surface area contributed by atoms with Crippen LogP contribution in [-0.2, 0) is 11.2 Å². The Balaban J connectivity index is 1.10. The molecule has 0 atom stereocenters. The van der Waals surface area contributed by atoms with Gasteiger partial charge in [0.15, 0.2) is 5.82 Å². The number of likely N-dealkylation sites (tertiary alicyclic amines) is 1. The van der Waals surface area contributed by atoms with Gasteiger partial charge in [0.1, 0.15) is 0 Å². The summed E-state index contributed by atoms with van der Waals surface area (Å²) in [4.78, 5) is 21.6. The Labute approximate surface area is 195 Å². The van der Waals surface area contributed by atoms with E-state index in [0.29, 0.717) is 11.8 Å². The number of rotatable bonds is 5. The van der Waals surface area contributed by atoms with Crippen molar-refractivity contribution in [3.8, 4) is 11.3 Å². The molecule has 170 valence electrons. The van der Waals surface area contributed by atoms with Gasteiger partial charge in [0, 0.05) is 50.1 Å². The van der Waals surface area contributed by atoms with E-state index in [4.69, 9.17) is 0 Å². The number of carbonyl (C=O) groups is 1. The summed E-state index contributed by atoms with van der Waals surface area (Å²) in [5, 5.41) is 8.82. The number of amides is 1. The van der Waals surface area contributed by atoms with Gasteiger partial charge in [0.05, 0.1) is 5.69 Å². The Bertz CT molecular complexity index is 1030. The number of piperidine rings is 2. The highest BCUT2D eigenvalue weighted by atomic mass is 16.2. The first-order chi connectivity index (χ1) is 16.3. The van der Waals surface area contributed by atoms with Gasteiger partial charge in [0.25, 0.3) is 0 Å². The minimum absolute atomic E-state index is 0.134. The van der Waals surface area contributed by atoms with Gasteiger partial charge in [-0.1, -0.05) is 30.3 Å². The first-order valence-corrected chi connectivity index (χ1v) is 12.1. The number of hydrogen-bond donors (Lipinski definition) is 0. The second-order valence-electron chi connectivity index (χ2n) is 9.24. The number of pyridine rings is 1. The summed E-state index contributed by atoms with van der Waals surface area (Å²) in [5.41, 5.74) is 3.20. The minimum atomic E-state index is 0.134. The predicted molar refractivity (Wildman–Crippen MR) is 130 cm³/mol. The van der Waals surface area contributed by atoms with E-state index in [9.17, 15) is 4.79 Å². The smallest absolute Gasteiger partial charge is 0.225 e. The molecule has 0 bridgehead atoms. The highest BCUT2D eigenvalue weighted by molar-refractivity contribution is 5.79. The zero-order valence-corrected chi connectivity index (χ0v) is 19.0. The highest BCUT2D eigenvalue weighted by Crippen LogP contribution is 2.27. The van der Waals surface area contributed by atoms with Crippen molar-refractivity contribution in [3.63, 3.8) is 0 Å². The largest absolute Gasteiger partial charge is 0.355 e. The molecular formula is C27H31N5O. The van der Waals surface area contributed by atoms with Crippen molar-refractivity contribution in [1.29, 1.82) is 0 Å². The van der Waals surface area contributed by atoms with E-state index in [2.05, 4.69) is 55.3 Å². The van der Waals surface area contributed by atoms with Crippen LogP contribution in [0.1, 0.15) is 31.2 Å². The zero-order valence-electron chi connectivity index (χ0n) is 19.0. The molecule has 0 aliphatic carbocycles. The molecule has 2 aliphatic rings. The molecule has 0 spiro atoms. The summed E-state index contributed by atoms with van der Waals surface area (Å²) in [6.07, 6.45) is 8.66. The van der Waals surface area contributed by atoms with Crippen LogP contribution in [0.15, 0.2) is 67.0 Å². The Morgan fingerprint density at radius 3 is 2.30 bits per heavy atom. The first kappa shape index (κ1) is 21.6. The Morgan fingerprint density at radius 2 is 1.64 bits per heavy atom. The Hall–Kier alpha value is -3.28. The molecule has 2 aliphatic heterocycles. The van der Waals surface area contributed by atoms with Gasteiger partial charge >= 0.3 is 0 Å². The number of benzene rings is 1. The van der Waals surface area contributed by atoms with E-state index in [1.807, 2.05) is 24.3 Å². The van der Waals surface area contributed by atoms with Gasteiger partial charge in [-0.05, 0) is 67.9 Å². The van der Waals surface area contributed by atoms with Crippen molar-refractivity contribution in [2.45, 2.75) is 32.1 Å². The molecule has 4 heterocycles. The molecule has 5 rings (SSSR count). The third kappa shape index (κ3) is 5.21. The molecule has 0 unspecified atom stereocenters. The quantitative estimate of drug-likeness (QED) is 0.593. The topological polar surface area (TPSA) is 62.2 Å². The van der Waals surface area contributed by atoms with Crippen LogP contribution in [0.5, 0.6) is 0 Å². The third-order valence-electron chi connectivity index (χ3n) is 7.07. The fraction of sp³-hybridized carbons (Fsp3) is 0.407. The second kappa shape index (κ2) is 10.1. The first-order valence-electron chi connectivity index (χ1n) is 12.1. The summed E-state index contributed by atoms with van der Waals surface area (Å²) in [6.45, 7) is 3.50. The maximum atomic E-state index is 13.1. The summed E-state index contributed by atoms with van der Waals surface area (Å²) in [7, 11) is 0. The number of anilines is 1. The van der Waals surface area contributed by atoms with Crippen LogP contribution < -0.4 is 4.90 Å². The second-order valence-corrected chi connectivity index (χ2v) is 9.24. The normalized spacial score (nSPS) is 17.8. The van der Waals surface area contributed by atoms with Gasteiger partial charge in [-0.3, -0.25) is 9.78 Å². The van der Waals surface area contributed by atoms with E-state index in [1.165, 1.54) is 5.56 Å². The van der Waals surface area contributed by atoms with Crippen molar-refractivity contribution in [3.05, 3.63) is 72.6 Å². The maximum Gasteiger partial charge on any atom is 0.225 e. The van der Waals surface area contributed by atoms with E-state index >= 15 is 0 Å². The number of aromatic nitrogens is 3. The van der Waals surface area contributed by atoms with Crippen LogP contribution in [0.25, 0.3) is 11.3 Å². The van der Waals surface area contributed by atoms with Crippen molar-refractivity contribution in [2.24, 2.45) is 11.8 Å². The van der Waals surface area contributed by atoms with Gasteiger partial charge in [0.2, 0.25) is 5.91 Å². The maximum absolute atomic E-state index is 13.1. The van der Waals surface area contributed by atoms with Crippen LogP contribution in [0, 0.1) is 11.8 Å². The summed E-state index contributed by atoms with van der Waals surface area (Å²) in [6, 6.07) is 18.6. The van der Waals surface area contributed by atoms with Crippen molar-refractivity contribution < 1.29 is 4.79 Å². The van der Waals surface area contributed by atoms with Crippen LogP contribution in [0.2, 0.25) is 0 Å². The lowest BCUT2D eigenvalue weighted by Crippen LogP contribution is -2.45. The monoisotopic (exact) mass is 441 g/mol. The number of nitrogens with zero attached hydrogens (tertiary/aromatic N) is 5. The summed E-state index contributed by atoms with van der Waals surface area (Å²) >= 11 is 0. The summed E-state index contributed by atoms with van der Waals surface area (Å²) in [5.74, 6) is 2.06. The van der Waals surface area contributed by atoms with Gasteiger partial charge in [-0.2, -0.15) is 0 Å².